The number of carbonyl (C=O) groups is 2. The quantitative estimate of drug-likeness (QED) is 0.596. The van der Waals surface area contributed by atoms with E-state index < -0.39 is 11.4 Å². The first-order chi connectivity index (χ1) is 8.49. The van der Waals surface area contributed by atoms with E-state index in [1.807, 2.05) is 24.6 Å². The number of hydrogen-bond acceptors (Lipinski definition) is 4. The van der Waals surface area contributed by atoms with E-state index >= 15 is 0 Å². The minimum absolute atomic E-state index is 0.119. The Morgan fingerprint density at radius 1 is 1.61 bits per heavy atom. The third kappa shape index (κ3) is 1.94. The van der Waals surface area contributed by atoms with Crippen LogP contribution in [0.1, 0.15) is 31.7 Å². The molecule has 0 amide bonds. The van der Waals surface area contributed by atoms with Crippen LogP contribution in [0.3, 0.4) is 0 Å². The van der Waals surface area contributed by atoms with Crippen LogP contribution < -0.4 is 0 Å². The van der Waals surface area contributed by atoms with Crippen molar-refractivity contribution in [3.63, 3.8) is 0 Å². The van der Waals surface area contributed by atoms with Crippen LogP contribution in [0.4, 0.5) is 0 Å². The highest BCUT2D eigenvalue weighted by molar-refractivity contribution is 6.03. The van der Waals surface area contributed by atoms with Crippen LogP contribution in [-0.2, 0) is 27.3 Å². The van der Waals surface area contributed by atoms with Crippen molar-refractivity contribution >= 4 is 11.8 Å². The van der Waals surface area contributed by atoms with Gasteiger partial charge >= 0.3 is 5.97 Å². The fraction of sp³-hybridized carbons (Fsp3) is 0.615. The molecule has 0 spiro atoms. The fourth-order valence-corrected chi connectivity index (χ4v) is 2.49. The average molecular weight is 250 g/mol. The molecule has 2 rings (SSSR count). The maximum Gasteiger partial charge on any atom is 0.320 e. The Bertz CT molecular complexity index is 492. The SMILES string of the molecule is CCn1nc(C)cc1CC1(C(C)=O)CCOC1=O. The van der Waals surface area contributed by atoms with Crippen LogP contribution in [-0.4, -0.2) is 28.1 Å². The molecule has 1 aromatic heterocycles. The predicted octanol–water partition coefficient (Wildman–Crippen LogP) is 1.28. The van der Waals surface area contributed by atoms with E-state index in [2.05, 4.69) is 5.10 Å². The second-order valence-corrected chi connectivity index (χ2v) is 4.79. The summed E-state index contributed by atoms with van der Waals surface area (Å²) in [6.07, 6.45) is 0.852. The molecule has 1 aliphatic rings. The predicted molar refractivity (Wildman–Crippen MR) is 65.0 cm³/mol. The standard InChI is InChI=1S/C13H18N2O3/c1-4-15-11(7-9(2)14-15)8-13(10(3)16)5-6-18-12(13)17/h7H,4-6,8H2,1-3H3. The number of rotatable bonds is 4. The van der Waals surface area contributed by atoms with Crippen molar-refractivity contribution in [1.82, 2.24) is 9.78 Å². The lowest BCUT2D eigenvalue weighted by Crippen LogP contribution is -2.37. The molecular weight excluding hydrogens is 232 g/mol. The van der Waals surface area contributed by atoms with Gasteiger partial charge in [0.1, 0.15) is 11.2 Å². The van der Waals surface area contributed by atoms with Gasteiger partial charge in [-0.25, -0.2) is 0 Å². The van der Waals surface area contributed by atoms with Crippen LogP contribution in [0.2, 0.25) is 0 Å². The first kappa shape index (κ1) is 12.8. The minimum atomic E-state index is -1.00. The van der Waals surface area contributed by atoms with Gasteiger partial charge in [-0.05, 0) is 26.8 Å². The van der Waals surface area contributed by atoms with Gasteiger partial charge in [-0.3, -0.25) is 14.3 Å². The summed E-state index contributed by atoms with van der Waals surface area (Å²) >= 11 is 0. The molecule has 1 atom stereocenters. The van der Waals surface area contributed by atoms with Gasteiger partial charge in [-0.2, -0.15) is 5.10 Å². The average Bonchev–Trinajstić information content (AvgIpc) is 2.84. The number of aryl methyl sites for hydroxylation is 2. The second kappa shape index (κ2) is 4.55. The summed E-state index contributed by atoms with van der Waals surface area (Å²) in [6.45, 7) is 6.42. The van der Waals surface area contributed by atoms with E-state index in [9.17, 15) is 9.59 Å². The highest BCUT2D eigenvalue weighted by Crippen LogP contribution is 2.35. The summed E-state index contributed by atoms with van der Waals surface area (Å²) in [6, 6.07) is 1.93. The van der Waals surface area contributed by atoms with Crippen LogP contribution in [0.15, 0.2) is 6.07 Å². The van der Waals surface area contributed by atoms with E-state index in [-0.39, 0.29) is 5.78 Å². The van der Waals surface area contributed by atoms with Crippen molar-refractivity contribution in [2.75, 3.05) is 6.61 Å². The number of hydrogen-bond donors (Lipinski definition) is 0. The van der Waals surface area contributed by atoms with Gasteiger partial charge in [0.15, 0.2) is 0 Å². The second-order valence-electron chi connectivity index (χ2n) is 4.79. The number of nitrogens with zero attached hydrogens (tertiary/aromatic N) is 2. The first-order valence-corrected chi connectivity index (χ1v) is 6.21. The van der Waals surface area contributed by atoms with Crippen molar-refractivity contribution in [3.05, 3.63) is 17.5 Å². The van der Waals surface area contributed by atoms with Crippen molar-refractivity contribution < 1.29 is 14.3 Å². The Kier molecular flexibility index (Phi) is 3.24. The normalized spacial score (nSPS) is 23.2. The molecule has 0 aromatic carbocycles. The molecule has 18 heavy (non-hydrogen) atoms. The summed E-state index contributed by atoms with van der Waals surface area (Å²) in [7, 11) is 0. The van der Waals surface area contributed by atoms with E-state index in [4.69, 9.17) is 4.74 Å². The highest BCUT2D eigenvalue weighted by Gasteiger charge is 2.49. The molecule has 98 valence electrons. The Balaban J connectivity index is 2.35. The monoisotopic (exact) mass is 250 g/mol. The van der Waals surface area contributed by atoms with Gasteiger partial charge in [0.2, 0.25) is 0 Å². The van der Waals surface area contributed by atoms with Gasteiger partial charge in [-0.1, -0.05) is 0 Å². The van der Waals surface area contributed by atoms with Gasteiger partial charge in [0.05, 0.1) is 12.3 Å². The number of ketones is 1. The molecule has 5 heteroatoms. The molecule has 1 aromatic rings. The molecule has 2 heterocycles. The van der Waals surface area contributed by atoms with Crippen molar-refractivity contribution in [3.8, 4) is 0 Å². The maximum atomic E-state index is 11.9. The number of ether oxygens (including phenoxy) is 1. The fourth-order valence-electron chi connectivity index (χ4n) is 2.49. The molecule has 0 aliphatic carbocycles. The number of Topliss-reactive ketones (excluding diaryl/α,β-unsaturated/α-hetero) is 1. The number of aromatic nitrogens is 2. The van der Waals surface area contributed by atoms with Gasteiger partial charge < -0.3 is 4.74 Å². The molecule has 1 fully saturated rings. The zero-order valence-electron chi connectivity index (χ0n) is 11.0. The molecule has 0 saturated carbocycles. The summed E-state index contributed by atoms with van der Waals surface area (Å²) in [5, 5.41) is 4.34. The lowest BCUT2D eigenvalue weighted by atomic mass is 9.78. The lowest BCUT2D eigenvalue weighted by molar-refractivity contribution is -0.150. The molecule has 0 radical (unpaired) electrons. The lowest BCUT2D eigenvalue weighted by Gasteiger charge is -2.21. The molecule has 1 unspecified atom stereocenters. The molecule has 1 aliphatic heterocycles. The van der Waals surface area contributed by atoms with Gasteiger partial charge in [0, 0.05) is 25.1 Å². The van der Waals surface area contributed by atoms with Crippen LogP contribution in [0.25, 0.3) is 0 Å². The third-order valence-electron chi connectivity index (χ3n) is 3.59. The Morgan fingerprint density at radius 3 is 2.83 bits per heavy atom. The third-order valence-corrected chi connectivity index (χ3v) is 3.59. The highest BCUT2D eigenvalue weighted by atomic mass is 16.5. The summed E-state index contributed by atoms with van der Waals surface area (Å²) < 4.78 is 6.83. The number of carbonyl (C=O) groups excluding carboxylic acids is 2. The summed E-state index contributed by atoms with van der Waals surface area (Å²) in [5.41, 5.74) is 0.820. The van der Waals surface area contributed by atoms with E-state index in [0.29, 0.717) is 19.4 Å². The van der Waals surface area contributed by atoms with Crippen molar-refractivity contribution in [2.45, 2.75) is 40.2 Å². The van der Waals surface area contributed by atoms with Crippen molar-refractivity contribution in [1.29, 1.82) is 0 Å². The molecule has 0 bridgehead atoms. The first-order valence-electron chi connectivity index (χ1n) is 6.21. The number of esters is 1. The number of cyclic esters (lactones) is 1. The Morgan fingerprint density at radius 2 is 2.33 bits per heavy atom. The molecule has 0 N–H and O–H groups in total. The molecule has 5 nitrogen and oxygen atoms in total. The van der Waals surface area contributed by atoms with E-state index in [1.54, 1.807) is 0 Å². The van der Waals surface area contributed by atoms with Crippen LogP contribution in [0, 0.1) is 12.3 Å². The van der Waals surface area contributed by atoms with E-state index in [1.165, 1.54) is 6.92 Å². The Hall–Kier alpha value is -1.65. The van der Waals surface area contributed by atoms with Crippen LogP contribution in [0.5, 0.6) is 0 Å². The van der Waals surface area contributed by atoms with Gasteiger partial charge in [-0.15, -0.1) is 0 Å². The van der Waals surface area contributed by atoms with Crippen LogP contribution >= 0.6 is 0 Å². The smallest absolute Gasteiger partial charge is 0.320 e. The Labute approximate surface area is 106 Å². The van der Waals surface area contributed by atoms with Crippen molar-refractivity contribution in [2.24, 2.45) is 5.41 Å². The maximum absolute atomic E-state index is 11.9. The zero-order chi connectivity index (χ0) is 13.3. The summed E-state index contributed by atoms with van der Waals surface area (Å²) in [5.74, 6) is -0.511. The minimum Gasteiger partial charge on any atom is -0.465 e. The molecule has 1 saturated heterocycles. The topological polar surface area (TPSA) is 61.2 Å². The van der Waals surface area contributed by atoms with Gasteiger partial charge in [0.25, 0.3) is 0 Å². The zero-order valence-corrected chi connectivity index (χ0v) is 11.0. The largest absolute Gasteiger partial charge is 0.465 e. The van der Waals surface area contributed by atoms with E-state index in [0.717, 1.165) is 17.9 Å². The molecular formula is C13H18N2O3. The summed E-state index contributed by atoms with van der Waals surface area (Å²) in [4.78, 5) is 23.7.